The Morgan fingerprint density at radius 3 is 2.66 bits per heavy atom. The van der Waals surface area contributed by atoms with Crippen LogP contribution in [0.15, 0.2) is 54.2 Å². The van der Waals surface area contributed by atoms with E-state index in [1.54, 1.807) is 12.1 Å². The highest BCUT2D eigenvalue weighted by atomic mass is 19.1. The zero-order chi connectivity index (χ0) is 30.9. The molecule has 3 saturated carbocycles. The molecule has 8 nitrogen and oxygen atoms in total. The quantitative estimate of drug-likeness (QED) is 0.236. The number of β-amino-alcohol motifs (C(OH)–C–C–N with tert-alkyl or cyclic N) is 1. The van der Waals surface area contributed by atoms with Gasteiger partial charge in [-0.15, -0.1) is 0 Å². The van der Waals surface area contributed by atoms with E-state index in [4.69, 9.17) is 9.73 Å². The van der Waals surface area contributed by atoms with Crippen molar-refractivity contribution in [2.45, 2.75) is 71.9 Å². The molecule has 2 bridgehead atoms. The normalized spacial score (nSPS) is 25.8. The largest absolute Gasteiger partial charge is 0.497 e. The van der Waals surface area contributed by atoms with Gasteiger partial charge in [0.1, 0.15) is 11.6 Å². The standard InChI is InChI=1S/C35H47FN4O3.H3N/c1-7-39(16-14-24-10-12-28(43-6)20-31(24)36)33(42)29-13-11-26(17-22(29)2)37-34(40-15-8-9-27(41)21-40)38-32-19-25-18-30(23(32)3)35(25,4)5;/h7,10-13,17,20,23,25,27,30,32,41H,1,8-9,14-16,18-19,21H2,2-6H3,(H,37,38);1H3/t23-,25-,27?,30+,32-;/m0./s1. The van der Waals surface area contributed by atoms with E-state index < -0.39 is 0 Å². The average Bonchev–Trinajstić information content (AvgIpc) is 2.98. The molecule has 4 aliphatic rings. The highest BCUT2D eigenvalue weighted by Crippen LogP contribution is 2.61. The smallest absolute Gasteiger partial charge is 0.258 e. The van der Waals surface area contributed by atoms with Crippen molar-refractivity contribution >= 4 is 17.6 Å². The Balaban J connectivity index is 0.00000442. The van der Waals surface area contributed by atoms with E-state index in [2.05, 4.69) is 37.6 Å². The molecule has 0 radical (unpaired) electrons. The number of piperidine rings is 1. The number of anilines is 1. The predicted molar refractivity (Wildman–Crippen MR) is 175 cm³/mol. The number of guanidine groups is 1. The molecule has 5 N–H and O–H groups in total. The third-order valence-corrected chi connectivity index (χ3v) is 10.4. The number of nitrogens with zero attached hydrogens (tertiary/aromatic N) is 3. The van der Waals surface area contributed by atoms with Gasteiger partial charge in [-0.3, -0.25) is 4.79 Å². The minimum Gasteiger partial charge on any atom is -0.497 e. The van der Waals surface area contributed by atoms with E-state index >= 15 is 0 Å². The van der Waals surface area contributed by atoms with Crippen LogP contribution < -0.4 is 16.2 Å². The van der Waals surface area contributed by atoms with Crippen LogP contribution in [0, 0.1) is 35.9 Å². The number of halogens is 1. The molecule has 240 valence electrons. The molecule has 0 spiro atoms. The predicted octanol–water partition coefficient (Wildman–Crippen LogP) is 6.43. The summed E-state index contributed by atoms with van der Waals surface area (Å²) in [7, 11) is 1.50. The van der Waals surface area contributed by atoms with Crippen molar-refractivity contribution in [3.63, 3.8) is 0 Å². The van der Waals surface area contributed by atoms with Crippen molar-refractivity contribution in [1.29, 1.82) is 0 Å². The van der Waals surface area contributed by atoms with Gasteiger partial charge in [0.05, 0.1) is 19.3 Å². The van der Waals surface area contributed by atoms with Crippen LogP contribution in [-0.2, 0) is 6.42 Å². The maximum absolute atomic E-state index is 14.5. The molecule has 6 rings (SSSR count). The van der Waals surface area contributed by atoms with Gasteiger partial charge in [0.25, 0.3) is 5.91 Å². The summed E-state index contributed by atoms with van der Waals surface area (Å²) in [5.41, 5.74) is 3.15. The average molecular weight is 608 g/mol. The van der Waals surface area contributed by atoms with Gasteiger partial charge >= 0.3 is 0 Å². The van der Waals surface area contributed by atoms with Crippen LogP contribution in [0.25, 0.3) is 0 Å². The van der Waals surface area contributed by atoms with E-state index in [9.17, 15) is 14.3 Å². The van der Waals surface area contributed by atoms with Crippen LogP contribution in [-0.4, -0.2) is 65.7 Å². The van der Waals surface area contributed by atoms with E-state index in [0.717, 1.165) is 43.0 Å². The van der Waals surface area contributed by atoms with Gasteiger partial charge in [-0.1, -0.05) is 33.4 Å². The first-order chi connectivity index (χ1) is 20.5. The van der Waals surface area contributed by atoms with Crippen molar-refractivity contribution < 1.29 is 19.0 Å². The zero-order valence-corrected chi connectivity index (χ0v) is 27.0. The van der Waals surface area contributed by atoms with Gasteiger partial charge in [-0.2, -0.15) is 0 Å². The molecule has 4 fully saturated rings. The first-order valence-electron chi connectivity index (χ1n) is 15.7. The lowest BCUT2D eigenvalue weighted by molar-refractivity contribution is -0.108. The Labute approximate surface area is 262 Å². The van der Waals surface area contributed by atoms with Crippen LogP contribution in [0.2, 0.25) is 0 Å². The van der Waals surface area contributed by atoms with Gasteiger partial charge in [0, 0.05) is 37.0 Å². The number of amides is 1. The molecular weight excluding hydrogens is 557 g/mol. The Bertz CT molecular complexity index is 1380. The van der Waals surface area contributed by atoms with Crippen molar-refractivity contribution in [3.8, 4) is 5.75 Å². The van der Waals surface area contributed by atoms with Gasteiger partial charge in [-0.05, 0) is 104 Å². The summed E-state index contributed by atoms with van der Waals surface area (Å²) < 4.78 is 19.6. The fraction of sp³-hybridized carbons (Fsp3) is 0.543. The molecule has 1 amide bonds. The van der Waals surface area contributed by atoms with Crippen LogP contribution in [0.1, 0.15) is 67.9 Å². The number of aliphatic imine (C=N–C) groups is 1. The lowest BCUT2D eigenvalue weighted by Gasteiger charge is -2.61. The van der Waals surface area contributed by atoms with E-state index in [-0.39, 0.29) is 30.0 Å². The number of likely N-dealkylation sites (tertiary alicyclic amines) is 1. The number of aryl methyl sites for hydroxylation is 1. The minimum absolute atomic E-state index is 0. The highest BCUT2D eigenvalue weighted by Gasteiger charge is 2.56. The number of aliphatic hydroxyl groups excluding tert-OH is 1. The minimum atomic E-state index is -0.366. The first-order valence-corrected chi connectivity index (χ1v) is 15.7. The monoisotopic (exact) mass is 607 g/mol. The summed E-state index contributed by atoms with van der Waals surface area (Å²) in [6, 6.07) is 10.7. The summed E-state index contributed by atoms with van der Waals surface area (Å²) in [6.45, 7) is 14.6. The molecule has 1 saturated heterocycles. The molecule has 1 unspecified atom stereocenters. The fourth-order valence-electron chi connectivity index (χ4n) is 7.43. The molecule has 1 heterocycles. The number of hydrogen-bond acceptors (Lipinski definition) is 5. The lowest BCUT2D eigenvalue weighted by atomic mass is 9.45. The molecule has 44 heavy (non-hydrogen) atoms. The van der Waals surface area contributed by atoms with Gasteiger partial charge in [0.15, 0.2) is 5.96 Å². The SMILES string of the molecule is C=CN(CCc1ccc(OC)cc1F)C(=O)c1ccc(NC(=N[C@H]2C[C@@H]3C[C@H]([C@@H]2C)C3(C)C)N2CCCC(O)C2)cc1C.N. The third-order valence-electron chi connectivity index (χ3n) is 10.4. The van der Waals surface area contributed by atoms with Crippen LogP contribution in [0.5, 0.6) is 5.75 Å². The maximum Gasteiger partial charge on any atom is 0.258 e. The van der Waals surface area contributed by atoms with Crippen LogP contribution in [0.4, 0.5) is 10.1 Å². The van der Waals surface area contributed by atoms with E-state index in [1.807, 2.05) is 25.1 Å². The number of carbonyl (C=O) groups excluding carboxylic acids is 1. The molecule has 3 aliphatic carbocycles. The molecular formula is C35H50FN5O3. The number of ether oxygens (including phenoxy) is 1. The van der Waals surface area contributed by atoms with Gasteiger partial charge in [0.2, 0.25) is 0 Å². The van der Waals surface area contributed by atoms with Crippen molar-refractivity contribution in [3.05, 3.63) is 71.7 Å². The molecule has 2 aromatic rings. The second-order valence-electron chi connectivity index (χ2n) is 13.3. The summed E-state index contributed by atoms with van der Waals surface area (Å²) in [5.74, 6) is 2.63. The number of hydrogen-bond donors (Lipinski definition) is 3. The lowest BCUT2D eigenvalue weighted by Crippen LogP contribution is -2.57. The second kappa shape index (κ2) is 13.7. The Morgan fingerprint density at radius 2 is 2.05 bits per heavy atom. The van der Waals surface area contributed by atoms with Gasteiger partial charge in [-0.25, -0.2) is 9.38 Å². The van der Waals surface area contributed by atoms with Crippen molar-refractivity contribution in [2.24, 2.45) is 28.2 Å². The topological polar surface area (TPSA) is 112 Å². The summed E-state index contributed by atoms with van der Waals surface area (Å²) in [4.78, 5) is 22.5. The van der Waals surface area contributed by atoms with Crippen LogP contribution in [0.3, 0.4) is 0 Å². The molecule has 5 atom stereocenters. The molecule has 1 aliphatic heterocycles. The molecule has 2 aromatic carbocycles. The van der Waals surface area contributed by atoms with E-state index in [0.29, 0.717) is 59.6 Å². The Morgan fingerprint density at radius 1 is 1.27 bits per heavy atom. The summed E-state index contributed by atoms with van der Waals surface area (Å²) in [5, 5.41) is 14.0. The fourth-order valence-corrected chi connectivity index (χ4v) is 7.43. The number of nitrogens with one attached hydrogen (secondary N) is 1. The number of carbonyl (C=O) groups is 1. The second-order valence-corrected chi connectivity index (χ2v) is 13.3. The Hall–Kier alpha value is -3.43. The third kappa shape index (κ3) is 6.79. The first kappa shape index (κ1) is 33.5. The highest BCUT2D eigenvalue weighted by molar-refractivity contribution is 5.98. The number of methoxy groups -OCH3 is 1. The molecule has 0 aromatic heterocycles. The number of benzene rings is 2. The Kier molecular flexibility index (Phi) is 10.4. The molecule has 9 heteroatoms. The van der Waals surface area contributed by atoms with Crippen molar-refractivity contribution in [1.82, 2.24) is 16.0 Å². The van der Waals surface area contributed by atoms with E-state index in [1.165, 1.54) is 30.7 Å². The summed E-state index contributed by atoms with van der Waals surface area (Å²) >= 11 is 0. The van der Waals surface area contributed by atoms with Crippen LogP contribution >= 0.6 is 0 Å². The zero-order valence-electron chi connectivity index (χ0n) is 27.0. The van der Waals surface area contributed by atoms with Gasteiger partial charge < -0.3 is 31.1 Å². The number of aliphatic hydroxyl groups is 1. The summed E-state index contributed by atoms with van der Waals surface area (Å²) in [6.07, 6.45) is 5.61. The number of rotatable bonds is 8. The maximum atomic E-state index is 14.5. The number of fused-ring (bicyclic) bond motifs is 2. The van der Waals surface area contributed by atoms with Crippen molar-refractivity contribution in [2.75, 3.05) is 32.1 Å².